The number of hydrogen-bond donors (Lipinski definition) is 1. The predicted octanol–water partition coefficient (Wildman–Crippen LogP) is 6.52. The maximum absolute atomic E-state index is 16.0. The van der Waals surface area contributed by atoms with Crippen LogP contribution in [0.3, 0.4) is 0 Å². The highest BCUT2D eigenvalue weighted by Gasteiger charge is 2.40. The van der Waals surface area contributed by atoms with E-state index in [2.05, 4.69) is 0 Å². The standard InChI is InChI=1S/C35H39F4N3O3/c36-29-18-26(41-15-11-35(12-16-41)10-4-13-40(23-35)21-32(43)44)19-30(37)33(29)34-28-8-7-27(45-22-24-5-2-1-3-6-24)17-25(28)9-14-42(34)20-31(38)39/h1-3,5-8,17-19,31,34H,4,9-16,20-23H2,(H,43,44). The molecule has 0 amide bonds. The second kappa shape index (κ2) is 13.4. The molecule has 0 aliphatic carbocycles. The highest BCUT2D eigenvalue weighted by Crippen LogP contribution is 2.43. The zero-order valence-electron chi connectivity index (χ0n) is 25.2. The first-order chi connectivity index (χ1) is 21.7. The number of anilines is 1. The van der Waals surface area contributed by atoms with Crippen LogP contribution in [-0.2, 0) is 17.8 Å². The lowest BCUT2D eigenvalue weighted by atomic mass is 9.72. The highest BCUT2D eigenvalue weighted by atomic mass is 19.3. The first-order valence-corrected chi connectivity index (χ1v) is 15.7. The Bertz CT molecular complexity index is 1470. The molecular formula is C35H39F4N3O3. The Hall–Kier alpha value is -3.63. The van der Waals surface area contributed by atoms with Crippen LogP contribution in [0.2, 0.25) is 0 Å². The Balaban J connectivity index is 1.22. The summed E-state index contributed by atoms with van der Waals surface area (Å²) in [5.74, 6) is -1.73. The second-order valence-electron chi connectivity index (χ2n) is 12.7. The predicted molar refractivity (Wildman–Crippen MR) is 164 cm³/mol. The first-order valence-electron chi connectivity index (χ1n) is 15.7. The van der Waals surface area contributed by atoms with Crippen molar-refractivity contribution in [2.75, 3.05) is 50.7 Å². The largest absolute Gasteiger partial charge is 0.489 e. The number of hydrogen-bond acceptors (Lipinski definition) is 5. The van der Waals surface area contributed by atoms with Crippen molar-refractivity contribution >= 4 is 11.7 Å². The summed E-state index contributed by atoms with van der Waals surface area (Å²) in [7, 11) is 0. The van der Waals surface area contributed by atoms with Crippen LogP contribution in [0, 0.1) is 17.0 Å². The third-order valence-corrected chi connectivity index (χ3v) is 9.69. The molecule has 1 atom stereocenters. The van der Waals surface area contributed by atoms with Crippen molar-refractivity contribution in [3.8, 4) is 5.75 Å². The van der Waals surface area contributed by atoms with E-state index in [-0.39, 0.29) is 24.1 Å². The van der Waals surface area contributed by atoms with Gasteiger partial charge in [-0.05, 0) is 85.0 Å². The SMILES string of the molecule is O=C(O)CN1CCCC2(CCN(c3cc(F)c(C4c5ccc(OCc6ccccc6)cc5CCN4CC(F)F)c(F)c3)CC2)C1. The van der Waals surface area contributed by atoms with Gasteiger partial charge in [-0.25, -0.2) is 17.6 Å². The Labute approximate surface area is 261 Å². The van der Waals surface area contributed by atoms with E-state index in [1.54, 1.807) is 12.1 Å². The van der Waals surface area contributed by atoms with Crippen LogP contribution in [0.15, 0.2) is 60.7 Å². The second-order valence-corrected chi connectivity index (χ2v) is 12.7. The summed E-state index contributed by atoms with van der Waals surface area (Å²) < 4.78 is 65.3. The van der Waals surface area contributed by atoms with Crippen LogP contribution in [-0.4, -0.2) is 73.1 Å². The van der Waals surface area contributed by atoms with Crippen molar-refractivity contribution < 1.29 is 32.2 Å². The quantitative estimate of drug-likeness (QED) is 0.273. The Morgan fingerprint density at radius 1 is 0.956 bits per heavy atom. The van der Waals surface area contributed by atoms with Crippen molar-refractivity contribution in [3.05, 3.63) is 94.6 Å². The summed E-state index contributed by atoms with van der Waals surface area (Å²) >= 11 is 0. The summed E-state index contributed by atoms with van der Waals surface area (Å²) in [5.41, 5.74) is 2.65. The molecule has 1 N–H and O–H groups in total. The van der Waals surface area contributed by atoms with Crippen LogP contribution >= 0.6 is 0 Å². The number of halogens is 4. The third-order valence-electron chi connectivity index (χ3n) is 9.69. The van der Waals surface area contributed by atoms with Gasteiger partial charge in [0, 0.05) is 37.4 Å². The lowest BCUT2D eigenvalue weighted by Gasteiger charge is -2.48. The summed E-state index contributed by atoms with van der Waals surface area (Å²) in [6.07, 6.45) is 1.37. The number of rotatable bonds is 9. The molecule has 3 aliphatic rings. The normalized spacial score (nSPS) is 20.4. The average Bonchev–Trinajstić information content (AvgIpc) is 3.01. The topological polar surface area (TPSA) is 56.3 Å². The number of piperidine rings is 2. The number of benzene rings is 3. The molecule has 0 aromatic heterocycles. The van der Waals surface area contributed by atoms with Gasteiger partial charge in [-0.2, -0.15) is 0 Å². The van der Waals surface area contributed by atoms with Crippen LogP contribution in [0.1, 0.15) is 54.0 Å². The number of carboxylic acid groups (broad SMARTS) is 1. The van der Waals surface area contributed by atoms with Crippen LogP contribution < -0.4 is 9.64 Å². The van der Waals surface area contributed by atoms with Gasteiger partial charge < -0.3 is 14.7 Å². The molecule has 3 heterocycles. The molecule has 6 rings (SSSR count). The van der Waals surface area contributed by atoms with Crippen LogP contribution in [0.5, 0.6) is 5.75 Å². The fourth-order valence-corrected chi connectivity index (χ4v) is 7.50. The number of likely N-dealkylation sites (tertiary alicyclic amines) is 1. The van der Waals surface area contributed by atoms with E-state index in [0.717, 1.165) is 49.9 Å². The Morgan fingerprint density at radius 3 is 2.38 bits per heavy atom. The molecule has 3 aliphatic heterocycles. The van der Waals surface area contributed by atoms with Crippen molar-refractivity contribution in [1.82, 2.24) is 9.80 Å². The van der Waals surface area contributed by atoms with Gasteiger partial charge >= 0.3 is 5.97 Å². The molecule has 0 radical (unpaired) electrons. The van der Waals surface area contributed by atoms with E-state index in [9.17, 15) is 18.7 Å². The molecule has 3 aromatic carbocycles. The van der Waals surface area contributed by atoms with Gasteiger partial charge in [0.05, 0.1) is 19.1 Å². The summed E-state index contributed by atoms with van der Waals surface area (Å²) in [4.78, 5) is 16.7. The van der Waals surface area contributed by atoms with Crippen LogP contribution in [0.25, 0.3) is 0 Å². The lowest BCUT2D eigenvalue weighted by molar-refractivity contribution is -0.139. The number of aliphatic carboxylic acids is 1. The van der Waals surface area contributed by atoms with E-state index in [4.69, 9.17) is 4.74 Å². The number of carbonyl (C=O) groups is 1. The molecule has 2 fully saturated rings. The number of ether oxygens (including phenoxy) is 1. The van der Waals surface area contributed by atoms with Gasteiger partial charge in [0.15, 0.2) is 0 Å². The van der Waals surface area contributed by atoms with Crippen LogP contribution in [0.4, 0.5) is 23.2 Å². The molecule has 0 bridgehead atoms. The van der Waals surface area contributed by atoms with Gasteiger partial charge in [-0.3, -0.25) is 14.6 Å². The smallest absolute Gasteiger partial charge is 0.317 e. The minimum absolute atomic E-state index is 0.00642. The molecule has 0 saturated carbocycles. The molecule has 45 heavy (non-hydrogen) atoms. The number of nitrogens with zero attached hydrogens (tertiary/aromatic N) is 3. The zero-order chi connectivity index (χ0) is 31.6. The number of carboxylic acids is 1. The zero-order valence-corrected chi connectivity index (χ0v) is 25.2. The minimum Gasteiger partial charge on any atom is -0.489 e. The molecule has 2 saturated heterocycles. The minimum atomic E-state index is -2.65. The molecule has 1 unspecified atom stereocenters. The van der Waals surface area contributed by atoms with Crippen molar-refractivity contribution in [3.63, 3.8) is 0 Å². The number of fused-ring (bicyclic) bond motifs is 1. The van der Waals surface area contributed by atoms with E-state index in [1.807, 2.05) is 46.2 Å². The third kappa shape index (κ3) is 7.12. The summed E-state index contributed by atoms with van der Waals surface area (Å²) in [6.45, 7) is 2.73. The van der Waals surface area contributed by atoms with E-state index < -0.39 is 36.6 Å². The fourth-order valence-electron chi connectivity index (χ4n) is 7.50. The van der Waals surface area contributed by atoms with Gasteiger partial charge in [0.2, 0.25) is 0 Å². The van der Waals surface area contributed by atoms with E-state index >= 15 is 8.78 Å². The van der Waals surface area contributed by atoms with Crippen molar-refractivity contribution in [1.29, 1.82) is 0 Å². The molecule has 6 nitrogen and oxygen atoms in total. The average molecular weight is 626 g/mol. The molecule has 1 spiro atoms. The highest BCUT2D eigenvalue weighted by molar-refractivity contribution is 5.69. The maximum Gasteiger partial charge on any atom is 0.317 e. The van der Waals surface area contributed by atoms with Crippen molar-refractivity contribution in [2.24, 2.45) is 5.41 Å². The van der Waals surface area contributed by atoms with Gasteiger partial charge in [-0.15, -0.1) is 0 Å². The maximum atomic E-state index is 16.0. The Kier molecular flexibility index (Phi) is 9.33. The summed E-state index contributed by atoms with van der Waals surface area (Å²) in [6, 6.07) is 16.7. The molecule has 3 aromatic rings. The molecule has 10 heteroatoms. The van der Waals surface area contributed by atoms with Crippen molar-refractivity contribution in [2.45, 2.75) is 51.2 Å². The van der Waals surface area contributed by atoms with E-state index in [0.29, 0.717) is 43.1 Å². The fraction of sp³-hybridized carbons (Fsp3) is 0.457. The van der Waals surface area contributed by atoms with Gasteiger partial charge in [0.25, 0.3) is 6.43 Å². The number of alkyl halides is 2. The van der Waals surface area contributed by atoms with E-state index in [1.165, 1.54) is 17.0 Å². The summed E-state index contributed by atoms with van der Waals surface area (Å²) in [5, 5.41) is 9.23. The molecular weight excluding hydrogens is 586 g/mol. The Morgan fingerprint density at radius 2 is 1.69 bits per heavy atom. The van der Waals surface area contributed by atoms with Gasteiger partial charge in [-0.1, -0.05) is 36.4 Å². The monoisotopic (exact) mass is 625 g/mol. The first kappa shape index (κ1) is 31.4. The van der Waals surface area contributed by atoms with Gasteiger partial charge in [0.1, 0.15) is 24.0 Å². The lowest BCUT2D eigenvalue weighted by Crippen LogP contribution is -2.50. The molecule has 240 valence electrons.